The Morgan fingerprint density at radius 2 is 2.16 bits per heavy atom. The lowest BCUT2D eigenvalue weighted by atomic mass is 10.1. The molecule has 2 rings (SSSR count). The van der Waals surface area contributed by atoms with Gasteiger partial charge in [-0.2, -0.15) is 0 Å². The van der Waals surface area contributed by atoms with Gasteiger partial charge in [-0.3, -0.25) is 4.79 Å². The van der Waals surface area contributed by atoms with Gasteiger partial charge < -0.3 is 9.64 Å². The van der Waals surface area contributed by atoms with Crippen molar-refractivity contribution in [3.05, 3.63) is 29.8 Å². The Labute approximate surface area is 120 Å². The van der Waals surface area contributed by atoms with Crippen molar-refractivity contribution >= 4 is 18.5 Å². The third-order valence-corrected chi connectivity index (χ3v) is 3.72. The standard InChI is InChI=1S/C15H21NO2S/c1-2-18-13-4-3-9-16(11-13)15(17)10-12-5-7-14(19)8-6-12/h5-8,13,19H,2-4,9-11H2,1H3. The first-order chi connectivity index (χ1) is 9.19. The fourth-order valence-corrected chi connectivity index (χ4v) is 2.59. The van der Waals surface area contributed by atoms with Crippen LogP contribution in [0.1, 0.15) is 25.3 Å². The van der Waals surface area contributed by atoms with Gasteiger partial charge >= 0.3 is 0 Å². The van der Waals surface area contributed by atoms with Gasteiger partial charge in [-0.05, 0) is 37.5 Å². The first-order valence-corrected chi connectivity index (χ1v) is 7.31. The molecule has 0 bridgehead atoms. The summed E-state index contributed by atoms with van der Waals surface area (Å²) in [6.45, 7) is 4.31. The Morgan fingerprint density at radius 1 is 1.42 bits per heavy atom. The highest BCUT2D eigenvalue weighted by atomic mass is 32.1. The van der Waals surface area contributed by atoms with E-state index in [1.54, 1.807) is 0 Å². The molecule has 1 aromatic carbocycles. The number of rotatable bonds is 4. The van der Waals surface area contributed by atoms with Crippen molar-refractivity contribution in [1.29, 1.82) is 0 Å². The third-order valence-electron chi connectivity index (χ3n) is 3.42. The third kappa shape index (κ3) is 4.25. The predicted octanol–water partition coefficient (Wildman–Crippen LogP) is 2.55. The molecule has 0 spiro atoms. The molecule has 1 aliphatic heterocycles. The minimum atomic E-state index is 0.191. The van der Waals surface area contributed by atoms with Crippen LogP contribution in [0.15, 0.2) is 29.2 Å². The summed E-state index contributed by atoms with van der Waals surface area (Å²) in [6.07, 6.45) is 2.77. The van der Waals surface area contributed by atoms with Gasteiger partial charge in [0.1, 0.15) is 0 Å². The smallest absolute Gasteiger partial charge is 0.227 e. The topological polar surface area (TPSA) is 29.5 Å². The van der Waals surface area contributed by atoms with E-state index in [0.717, 1.165) is 43.0 Å². The summed E-state index contributed by atoms with van der Waals surface area (Å²) in [5.41, 5.74) is 1.04. The van der Waals surface area contributed by atoms with E-state index in [1.807, 2.05) is 36.1 Å². The van der Waals surface area contributed by atoms with Crippen molar-refractivity contribution in [2.45, 2.75) is 37.2 Å². The predicted molar refractivity (Wildman–Crippen MR) is 78.6 cm³/mol. The van der Waals surface area contributed by atoms with Crippen LogP contribution < -0.4 is 0 Å². The molecule has 0 aliphatic carbocycles. The number of benzene rings is 1. The summed E-state index contributed by atoms with van der Waals surface area (Å²) >= 11 is 4.25. The Balaban J connectivity index is 1.90. The summed E-state index contributed by atoms with van der Waals surface area (Å²) < 4.78 is 5.63. The molecule has 104 valence electrons. The maximum absolute atomic E-state index is 12.3. The minimum absolute atomic E-state index is 0.191. The fraction of sp³-hybridized carbons (Fsp3) is 0.533. The summed E-state index contributed by atoms with van der Waals surface area (Å²) in [7, 11) is 0. The first-order valence-electron chi connectivity index (χ1n) is 6.86. The number of carbonyl (C=O) groups excluding carboxylic acids is 1. The zero-order chi connectivity index (χ0) is 13.7. The van der Waals surface area contributed by atoms with Crippen LogP contribution >= 0.6 is 12.6 Å². The maximum Gasteiger partial charge on any atom is 0.227 e. The van der Waals surface area contributed by atoms with Crippen LogP contribution in [0.25, 0.3) is 0 Å². The molecule has 1 aliphatic rings. The molecule has 0 radical (unpaired) electrons. The van der Waals surface area contributed by atoms with Crippen molar-refractivity contribution in [2.75, 3.05) is 19.7 Å². The quantitative estimate of drug-likeness (QED) is 0.858. The molecule has 0 N–H and O–H groups in total. The van der Waals surface area contributed by atoms with Gasteiger partial charge in [0.05, 0.1) is 12.5 Å². The van der Waals surface area contributed by atoms with E-state index in [2.05, 4.69) is 12.6 Å². The number of amides is 1. The van der Waals surface area contributed by atoms with E-state index in [4.69, 9.17) is 4.74 Å². The lowest BCUT2D eigenvalue weighted by Crippen LogP contribution is -2.43. The van der Waals surface area contributed by atoms with E-state index in [0.29, 0.717) is 6.42 Å². The number of hydrogen-bond donors (Lipinski definition) is 1. The molecule has 0 saturated carbocycles. The van der Waals surface area contributed by atoms with Crippen LogP contribution in [0.4, 0.5) is 0 Å². The summed E-state index contributed by atoms with van der Waals surface area (Å²) in [6, 6.07) is 7.77. The number of nitrogens with zero attached hydrogens (tertiary/aromatic N) is 1. The molecule has 3 nitrogen and oxygen atoms in total. The van der Waals surface area contributed by atoms with E-state index < -0.39 is 0 Å². The number of piperidine rings is 1. The summed E-state index contributed by atoms with van der Waals surface area (Å²) in [4.78, 5) is 15.1. The highest BCUT2D eigenvalue weighted by Gasteiger charge is 2.23. The number of likely N-dealkylation sites (tertiary alicyclic amines) is 1. The van der Waals surface area contributed by atoms with Gasteiger partial charge in [0.25, 0.3) is 0 Å². The zero-order valence-corrected chi connectivity index (χ0v) is 12.2. The van der Waals surface area contributed by atoms with Crippen LogP contribution in [0.5, 0.6) is 0 Å². The minimum Gasteiger partial charge on any atom is -0.377 e. The average Bonchev–Trinajstić information content (AvgIpc) is 2.42. The average molecular weight is 279 g/mol. The fourth-order valence-electron chi connectivity index (χ4n) is 2.44. The monoisotopic (exact) mass is 279 g/mol. The van der Waals surface area contributed by atoms with Gasteiger partial charge in [0, 0.05) is 24.6 Å². The zero-order valence-electron chi connectivity index (χ0n) is 11.3. The van der Waals surface area contributed by atoms with Gasteiger partial charge in [0.2, 0.25) is 5.91 Å². The lowest BCUT2D eigenvalue weighted by molar-refractivity contribution is -0.134. The summed E-state index contributed by atoms with van der Waals surface area (Å²) in [5.74, 6) is 0.191. The van der Waals surface area contributed by atoms with Crippen molar-refractivity contribution in [3.8, 4) is 0 Å². The molecule has 1 atom stereocenters. The van der Waals surface area contributed by atoms with Crippen molar-refractivity contribution in [1.82, 2.24) is 4.90 Å². The molecule has 1 fully saturated rings. The molecule has 1 unspecified atom stereocenters. The van der Waals surface area contributed by atoms with Gasteiger partial charge in [-0.15, -0.1) is 12.6 Å². The van der Waals surface area contributed by atoms with Gasteiger partial charge in [-0.1, -0.05) is 12.1 Å². The van der Waals surface area contributed by atoms with Crippen molar-refractivity contribution in [2.24, 2.45) is 0 Å². The Hall–Kier alpha value is -1.00. The van der Waals surface area contributed by atoms with Crippen LogP contribution in [-0.4, -0.2) is 36.6 Å². The lowest BCUT2D eigenvalue weighted by Gasteiger charge is -2.32. The molecule has 1 aromatic rings. The largest absolute Gasteiger partial charge is 0.377 e. The Bertz CT molecular complexity index is 417. The Morgan fingerprint density at radius 3 is 2.84 bits per heavy atom. The molecule has 0 aromatic heterocycles. The SMILES string of the molecule is CCOC1CCCN(C(=O)Cc2ccc(S)cc2)C1. The highest BCUT2D eigenvalue weighted by Crippen LogP contribution is 2.15. The van der Waals surface area contributed by atoms with Crippen molar-refractivity contribution < 1.29 is 9.53 Å². The molecule has 1 saturated heterocycles. The van der Waals surface area contributed by atoms with E-state index >= 15 is 0 Å². The number of hydrogen-bond acceptors (Lipinski definition) is 3. The second-order valence-corrected chi connectivity index (χ2v) is 5.42. The molecule has 1 amide bonds. The molecule has 1 heterocycles. The number of carbonyl (C=O) groups is 1. The molecular formula is C15H21NO2S. The summed E-state index contributed by atoms with van der Waals surface area (Å²) in [5, 5.41) is 0. The van der Waals surface area contributed by atoms with Crippen LogP contribution in [-0.2, 0) is 16.0 Å². The Kier molecular flexibility index (Phi) is 5.28. The van der Waals surface area contributed by atoms with Gasteiger partial charge in [0.15, 0.2) is 0 Å². The maximum atomic E-state index is 12.3. The molecular weight excluding hydrogens is 258 g/mol. The number of thiol groups is 1. The highest BCUT2D eigenvalue weighted by molar-refractivity contribution is 7.80. The van der Waals surface area contributed by atoms with Gasteiger partial charge in [-0.25, -0.2) is 0 Å². The molecule has 4 heteroatoms. The molecule has 19 heavy (non-hydrogen) atoms. The first kappa shape index (κ1) is 14.4. The van der Waals surface area contributed by atoms with E-state index in [9.17, 15) is 4.79 Å². The normalized spacial score (nSPS) is 19.5. The second kappa shape index (κ2) is 6.96. The van der Waals surface area contributed by atoms with E-state index in [1.165, 1.54) is 0 Å². The van der Waals surface area contributed by atoms with E-state index in [-0.39, 0.29) is 12.0 Å². The van der Waals surface area contributed by atoms with Crippen LogP contribution in [0.3, 0.4) is 0 Å². The van der Waals surface area contributed by atoms with Crippen LogP contribution in [0.2, 0.25) is 0 Å². The number of ether oxygens (including phenoxy) is 1. The second-order valence-electron chi connectivity index (χ2n) is 4.90. The van der Waals surface area contributed by atoms with Crippen molar-refractivity contribution in [3.63, 3.8) is 0 Å². The van der Waals surface area contributed by atoms with Crippen LogP contribution in [0, 0.1) is 0 Å².